The molecule has 0 saturated carbocycles. The minimum absolute atomic E-state index is 0. The molecule has 0 spiro atoms. The number of hydrogen-bond acceptors (Lipinski definition) is 6. The van der Waals surface area contributed by atoms with E-state index in [1.165, 1.54) is 23.8 Å². The minimum Gasteiger partial charge on any atom is -0.513 e. The molecule has 0 aliphatic rings. The zero-order valence-electron chi connectivity index (χ0n) is 33.1. The number of hydrogen-bond donors (Lipinski definition) is 2. The van der Waals surface area contributed by atoms with E-state index in [0.717, 1.165) is 72.1 Å². The predicted molar refractivity (Wildman–Crippen MR) is 232 cm³/mol. The van der Waals surface area contributed by atoms with Gasteiger partial charge in [0.25, 0.3) is 0 Å². The van der Waals surface area contributed by atoms with Gasteiger partial charge in [-0.05, 0) is 92.7 Å². The van der Waals surface area contributed by atoms with Crippen molar-refractivity contribution in [2.45, 2.75) is 77.7 Å². The molecule has 6 rings (SSSR count). The first kappa shape index (κ1) is 47.8. The van der Waals surface area contributed by atoms with Gasteiger partial charge >= 0.3 is 0 Å². The van der Waals surface area contributed by atoms with E-state index in [2.05, 4.69) is 59.5 Å². The average molecular weight is 939 g/mol. The summed E-state index contributed by atoms with van der Waals surface area (Å²) in [6.07, 6.45) is 11.7. The summed E-state index contributed by atoms with van der Waals surface area (Å²) in [4.78, 5) is 30.7. The van der Waals surface area contributed by atoms with Crippen LogP contribution in [0.15, 0.2) is 158 Å². The molecule has 1 radical (unpaired) electrons. The topological polar surface area (TPSA) is 100 Å². The number of ketones is 2. The van der Waals surface area contributed by atoms with E-state index in [1.807, 2.05) is 109 Å². The number of allylic oxidation sites excluding steroid dienone is 3. The molecule has 6 nitrogen and oxygen atoms in total. The molecule has 1 atom stereocenters. The number of unbranched alkanes of at least 4 members (excludes halogenated alkanes) is 4. The van der Waals surface area contributed by atoms with Crippen LogP contribution in [0.4, 0.5) is 0 Å². The number of para-hydroxylation sites is 2. The van der Waals surface area contributed by atoms with Crippen LogP contribution in [0.25, 0.3) is 44.3 Å². The Balaban J connectivity index is 0.000000264. The van der Waals surface area contributed by atoms with Crippen molar-refractivity contribution >= 4 is 33.4 Å². The molecule has 0 fully saturated rings. The van der Waals surface area contributed by atoms with Crippen LogP contribution >= 0.6 is 0 Å². The summed E-state index contributed by atoms with van der Waals surface area (Å²) in [6.45, 7) is 10.3. The predicted octanol–water partition coefficient (Wildman–Crippen LogP) is 12.2. The summed E-state index contributed by atoms with van der Waals surface area (Å²) in [7, 11) is 0. The molecule has 2 N–H and O–H groups in total. The smallest absolute Gasteiger partial charge is 0.140 e. The number of aromatic nitrogens is 2. The van der Waals surface area contributed by atoms with Crippen LogP contribution in [0.3, 0.4) is 0 Å². The molecule has 0 aliphatic carbocycles. The number of carbonyl (C=O) groups is 2. The Kier molecular flexibility index (Phi) is 23.6. The van der Waals surface area contributed by atoms with Gasteiger partial charge in [-0.15, -0.1) is 84.9 Å². The number of benzene rings is 4. The number of fused-ring (bicyclic) bond motifs is 2. The second kappa shape index (κ2) is 28.1. The maximum absolute atomic E-state index is 11.0. The van der Waals surface area contributed by atoms with Crippen LogP contribution in [0.2, 0.25) is 0 Å². The third kappa shape index (κ3) is 19.4. The molecule has 0 aliphatic heterocycles. The van der Waals surface area contributed by atoms with E-state index in [-0.39, 0.29) is 43.9 Å². The standard InChI is InChI=1S/2C15H10N.C10H18O2.C10H16O2.Ir/c2*1-2-6-12(7-3-1)15-11-10-13-8-4-5-9-14(13)16-15;2*1-3-4-5-6-7-10(12)8-9(2)11;/h2*1-6,8-11H;3,8-9,11-12H,1,4-7H2,2H3;3H,1,4-8H2,2H3;/q2*-1;;;. The molecule has 299 valence electrons. The van der Waals surface area contributed by atoms with Crippen molar-refractivity contribution in [1.29, 1.82) is 0 Å². The van der Waals surface area contributed by atoms with Crippen molar-refractivity contribution in [3.05, 3.63) is 171 Å². The Labute approximate surface area is 352 Å². The molecule has 0 saturated heterocycles. The van der Waals surface area contributed by atoms with Crippen LogP contribution in [0.5, 0.6) is 0 Å². The Hall–Kier alpha value is -5.33. The van der Waals surface area contributed by atoms with Gasteiger partial charge in [0.05, 0.1) is 29.3 Å². The van der Waals surface area contributed by atoms with Crippen molar-refractivity contribution in [3.63, 3.8) is 0 Å². The second-order valence-corrected chi connectivity index (χ2v) is 13.2. The fraction of sp³-hybridized carbons (Fsp3) is 0.240. The number of aliphatic hydroxyl groups excluding tert-OH is 2. The number of rotatable bonds is 15. The Morgan fingerprint density at radius 2 is 1.12 bits per heavy atom. The van der Waals surface area contributed by atoms with E-state index in [1.54, 1.807) is 6.92 Å². The van der Waals surface area contributed by atoms with Crippen molar-refractivity contribution in [3.8, 4) is 22.5 Å². The van der Waals surface area contributed by atoms with Crippen LogP contribution in [-0.4, -0.2) is 37.9 Å². The summed E-state index contributed by atoms with van der Waals surface area (Å²) >= 11 is 0. The minimum atomic E-state index is -0.551. The molecular formula is C50H54IrN2O4-2. The van der Waals surface area contributed by atoms with Crippen molar-refractivity contribution in [2.75, 3.05) is 0 Å². The van der Waals surface area contributed by atoms with Gasteiger partial charge in [-0.2, -0.15) is 0 Å². The van der Waals surface area contributed by atoms with Gasteiger partial charge in [0.15, 0.2) is 0 Å². The van der Waals surface area contributed by atoms with E-state index in [9.17, 15) is 14.7 Å². The van der Waals surface area contributed by atoms with Gasteiger partial charge in [0.2, 0.25) is 0 Å². The van der Waals surface area contributed by atoms with E-state index in [0.29, 0.717) is 12.8 Å². The maximum Gasteiger partial charge on any atom is 0.140 e. The SMILES string of the molecule is C=CCCCCC(=O)CC(C)=O.C=CCCCCC(O)=CC(C)O.[Ir].[c-]1ccccc1-c1ccc2ccccc2n1.[c-]1ccccc1-c1ccc2ccccc2n1. The van der Waals surface area contributed by atoms with Gasteiger partial charge in [-0.3, -0.25) is 19.6 Å². The number of carbonyl (C=O) groups excluding carboxylic acids is 2. The van der Waals surface area contributed by atoms with Gasteiger partial charge in [0.1, 0.15) is 11.6 Å². The first-order valence-electron chi connectivity index (χ1n) is 19.2. The number of Topliss-reactive ketones (excluding diaryl/α,β-unsaturated/α-hetero) is 2. The number of aliphatic hydroxyl groups is 2. The molecule has 4 aromatic carbocycles. The molecule has 2 heterocycles. The third-order valence-electron chi connectivity index (χ3n) is 8.25. The van der Waals surface area contributed by atoms with Gasteiger partial charge < -0.3 is 10.2 Å². The van der Waals surface area contributed by atoms with Crippen molar-refractivity contribution in [2.24, 2.45) is 0 Å². The van der Waals surface area contributed by atoms with E-state index < -0.39 is 6.10 Å². The summed E-state index contributed by atoms with van der Waals surface area (Å²) in [5.41, 5.74) is 6.06. The first-order chi connectivity index (χ1) is 27.2. The van der Waals surface area contributed by atoms with Crippen LogP contribution in [0.1, 0.15) is 71.6 Å². The van der Waals surface area contributed by atoms with Gasteiger partial charge in [0, 0.05) is 32.9 Å². The summed E-state index contributed by atoms with van der Waals surface area (Å²) in [6, 6.07) is 46.7. The molecule has 2 aromatic heterocycles. The van der Waals surface area contributed by atoms with Crippen LogP contribution in [0, 0.1) is 12.1 Å². The molecule has 0 amide bonds. The number of pyridine rings is 2. The second-order valence-electron chi connectivity index (χ2n) is 13.2. The largest absolute Gasteiger partial charge is 0.513 e. The summed E-state index contributed by atoms with van der Waals surface area (Å²) < 4.78 is 0. The summed E-state index contributed by atoms with van der Waals surface area (Å²) in [5, 5.41) is 20.4. The molecule has 1 unspecified atom stereocenters. The third-order valence-corrected chi connectivity index (χ3v) is 8.25. The van der Waals surface area contributed by atoms with Crippen molar-refractivity contribution < 1.29 is 39.9 Å². The first-order valence-corrected chi connectivity index (χ1v) is 19.2. The molecule has 57 heavy (non-hydrogen) atoms. The van der Waals surface area contributed by atoms with Gasteiger partial charge in [-0.1, -0.05) is 72.8 Å². The Morgan fingerprint density at radius 3 is 1.54 bits per heavy atom. The molecule has 6 aromatic rings. The molecule has 0 bridgehead atoms. The normalized spacial score (nSPS) is 10.9. The zero-order valence-corrected chi connectivity index (χ0v) is 35.5. The van der Waals surface area contributed by atoms with Crippen LogP contribution < -0.4 is 0 Å². The Bertz CT molecular complexity index is 2000. The average Bonchev–Trinajstić information content (AvgIpc) is 3.22. The number of nitrogens with zero attached hydrogens (tertiary/aromatic N) is 2. The molecular weight excluding hydrogens is 885 g/mol. The van der Waals surface area contributed by atoms with E-state index in [4.69, 9.17) is 5.11 Å². The van der Waals surface area contributed by atoms with Crippen LogP contribution in [-0.2, 0) is 29.7 Å². The quantitative estimate of drug-likeness (QED) is 0.0350. The Morgan fingerprint density at radius 1 is 0.667 bits per heavy atom. The fourth-order valence-electron chi connectivity index (χ4n) is 5.47. The van der Waals surface area contributed by atoms with Crippen molar-refractivity contribution in [1.82, 2.24) is 9.97 Å². The maximum atomic E-state index is 11.0. The summed E-state index contributed by atoms with van der Waals surface area (Å²) in [5.74, 6) is 0.310. The van der Waals surface area contributed by atoms with Gasteiger partial charge in [-0.25, -0.2) is 0 Å². The molecule has 7 heteroatoms. The van der Waals surface area contributed by atoms with E-state index >= 15 is 0 Å². The zero-order chi connectivity index (χ0) is 40.4. The monoisotopic (exact) mass is 939 g/mol. The fourth-order valence-corrected chi connectivity index (χ4v) is 5.47.